The Balaban J connectivity index is 1.11. The summed E-state index contributed by atoms with van der Waals surface area (Å²) < 4.78 is 9.29. The standard InChI is InChI=1S/C45H27N3OS/c1-3-11-28(12-4-1)30-15-9-16-32(25-30)44-46-43(29-13-5-2-6-14-29)47-45(48-44)33-21-23-35-37-19-10-18-34(42(37)49-39(35)27-33)31-22-24-41-38(26-31)36-17-7-8-20-40(36)50-41/h1-27H. The van der Waals surface area contributed by atoms with E-state index in [4.69, 9.17) is 19.4 Å². The number of furan rings is 1. The summed E-state index contributed by atoms with van der Waals surface area (Å²) >= 11 is 1.83. The average molecular weight is 658 g/mol. The van der Waals surface area contributed by atoms with Gasteiger partial charge in [0.2, 0.25) is 0 Å². The molecule has 0 N–H and O–H groups in total. The van der Waals surface area contributed by atoms with Gasteiger partial charge in [0.05, 0.1) is 0 Å². The largest absolute Gasteiger partial charge is 0.455 e. The van der Waals surface area contributed by atoms with Gasteiger partial charge in [0.25, 0.3) is 0 Å². The second-order valence-electron chi connectivity index (χ2n) is 12.4. The lowest BCUT2D eigenvalue weighted by Crippen LogP contribution is -2.00. The van der Waals surface area contributed by atoms with E-state index < -0.39 is 0 Å². The second-order valence-corrected chi connectivity index (χ2v) is 13.5. The molecule has 7 aromatic carbocycles. The minimum absolute atomic E-state index is 0.594. The van der Waals surface area contributed by atoms with Gasteiger partial charge >= 0.3 is 0 Å². The average Bonchev–Trinajstić information content (AvgIpc) is 3.76. The van der Waals surface area contributed by atoms with E-state index in [-0.39, 0.29) is 0 Å². The highest BCUT2D eigenvalue weighted by atomic mass is 32.1. The Morgan fingerprint density at radius 3 is 1.78 bits per heavy atom. The van der Waals surface area contributed by atoms with E-state index in [1.165, 1.54) is 20.2 Å². The topological polar surface area (TPSA) is 51.8 Å². The Labute approximate surface area is 292 Å². The number of fused-ring (bicyclic) bond motifs is 6. The first kappa shape index (κ1) is 28.6. The molecule has 0 aliphatic heterocycles. The van der Waals surface area contributed by atoms with Crippen LogP contribution in [0.4, 0.5) is 0 Å². The highest BCUT2D eigenvalue weighted by Crippen LogP contribution is 2.41. The fourth-order valence-electron chi connectivity index (χ4n) is 6.88. The number of para-hydroxylation sites is 1. The van der Waals surface area contributed by atoms with Gasteiger partial charge in [0.1, 0.15) is 11.2 Å². The molecule has 0 fully saturated rings. The highest BCUT2D eigenvalue weighted by Gasteiger charge is 2.17. The summed E-state index contributed by atoms with van der Waals surface area (Å²) in [5, 5.41) is 4.70. The zero-order valence-corrected chi connectivity index (χ0v) is 27.6. The maximum Gasteiger partial charge on any atom is 0.164 e. The molecule has 0 bridgehead atoms. The molecule has 3 aromatic heterocycles. The first-order valence-corrected chi connectivity index (χ1v) is 17.4. The van der Waals surface area contributed by atoms with Gasteiger partial charge in [-0.1, -0.05) is 127 Å². The van der Waals surface area contributed by atoms with Crippen LogP contribution in [0.1, 0.15) is 0 Å². The predicted octanol–water partition coefficient (Wildman–Crippen LogP) is 12.5. The van der Waals surface area contributed by atoms with E-state index in [0.717, 1.165) is 60.9 Å². The number of hydrogen-bond donors (Lipinski definition) is 0. The number of thiophene rings is 1. The molecule has 10 rings (SSSR count). The molecule has 10 aromatic rings. The van der Waals surface area contributed by atoms with Gasteiger partial charge in [0.15, 0.2) is 17.5 Å². The maximum atomic E-state index is 6.71. The molecule has 50 heavy (non-hydrogen) atoms. The van der Waals surface area contributed by atoms with E-state index in [2.05, 4.69) is 127 Å². The van der Waals surface area contributed by atoms with Crippen LogP contribution < -0.4 is 0 Å². The quantitative estimate of drug-likeness (QED) is 0.185. The van der Waals surface area contributed by atoms with Crippen molar-refractivity contribution in [2.45, 2.75) is 0 Å². The zero-order chi connectivity index (χ0) is 33.0. The van der Waals surface area contributed by atoms with E-state index >= 15 is 0 Å². The molecule has 5 heteroatoms. The van der Waals surface area contributed by atoms with E-state index in [1.54, 1.807) is 0 Å². The van der Waals surface area contributed by atoms with Gasteiger partial charge < -0.3 is 4.42 Å². The minimum Gasteiger partial charge on any atom is -0.455 e. The lowest BCUT2D eigenvalue weighted by Gasteiger charge is -2.09. The summed E-state index contributed by atoms with van der Waals surface area (Å²) in [6, 6.07) is 56.8. The van der Waals surface area contributed by atoms with Crippen molar-refractivity contribution < 1.29 is 4.42 Å². The van der Waals surface area contributed by atoms with Crippen LogP contribution in [0.15, 0.2) is 168 Å². The van der Waals surface area contributed by atoms with Crippen LogP contribution in [-0.4, -0.2) is 15.0 Å². The van der Waals surface area contributed by atoms with Gasteiger partial charge in [-0.15, -0.1) is 11.3 Å². The fourth-order valence-corrected chi connectivity index (χ4v) is 7.96. The summed E-state index contributed by atoms with van der Waals surface area (Å²) in [6.07, 6.45) is 0. The lowest BCUT2D eigenvalue weighted by atomic mass is 10.00. The monoisotopic (exact) mass is 657 g/mol. The molecule has 234 valence electrons. The smallest absolute Gasteiger partial charge is 0.164 e. The SMILES string of the molecule is c1ccc(-c2cccc(-c3nc(-c4ccccc4)nc(-c4ccc5c(c4)oc4c(-c6ccc7sc8ccccc8c7c6)cccc45)n3)c2)cc1. The third kappa shape index (κ3) is 4.87. The molecule has 4 nitrogen and oxygen atoms in total. The zero-order valence-electron chi connectivity index (χ0n) is 26.7. The molecule has 0 spiro atoms. The fraction of sp³-hybridized carbons (Fsp3) is 0. The Bertz CT molecular complexity index is 2870. The van der Waals surface area contributed by atoms with Crippen molar-refractivity contribution in [2.24, 2.45) is 0 Å². The number of benzene rings is 7. The first-order valence-electron chi connectivity index (χ1n) is 16.6. The van der Waals surface area contributed by atoms with Gasteiger partial charge in [-0.2, -0.15) is 0 Å². The molecule has 0 saturated heterocycles. The molecule has 0 unspecified atom stereocenters. The second kappa shape index (κ2) is 11.6. The van der Waals surface area contributed by atoms with Crippen LogP contribution in [0.25, 0.3) is 98.5 Å². The van der Waals surface area contributed by atoms with Crippen molar-refractivity contribution in [1.82, 2.24) is 15.0 Å². The van der Waals surface area contributed by atoms with Crippen LogP contribution in [-0.2, 0) is 0 Å². The normalized spacial score (nSPS) is 11.6. The summed E-state index contributed by atoms with van der Waals surface area (Å²) in [4.78, 5) is 15.0. The summed E-state index contributed by atoms with van der Waals surface area (Å²) in [7, 11) is 0. The first-order chi connectivity index (χ1) is 24.7. The molecule has 0 amide bonds. The van der Waals surface area contributed by atoms with Crippen LogP contribution in [0.5, 0.6) is 0 Å². The Morgan fingerprint density at radius 2 is 0.960 bits per heavy atom. The number of hydrogen-bond acceptors (Lipinski definition) is 5. The van der Waals surface area contributed by atoms with Gasteiger partial charge in [-0.05, 0) is 53.1 Å². The molecule has 0 atom stereocenters. The number of rotatable bonds is 5. The van der Waals surface area contributed by atoms with Crippen molar-refractivity contribution in [3.05, 3.63) is 164 Å². The molecule has 0 aliphatic rings. The molecule has 0 radical (unpaired) electrons. The number of nitrogens with zero attached hydrogens (tertiary/aromatic N) is 3. The van der Waals surface area contributed by atoms with E-state index in [9.17, 15) is 0 Å². The Kier molecular flexibility index (Phi) is 6.64. The summed E-state index contributed by atoms with van der Waals surface area (Å²) in [5.41, 5.74) is 8.85. The van der Waals surface area contributed by atoms with Gasteiger partial charge in [0, 0.05) is 53.2 Å². The van der Waals surface area contributed by atoms with Gasteiger partial charge in [-0.3, -0.25) is 0 Å². The van der Waals surface area contributed by atoms with E-state index in [1.807, 2.05) is 47.7 Å². The number of aromatic nitrogens is 3. The van der Waals surface area contributed by atoms with Gasteiger partial charge in [-0.25, -0.2) is 15.0 Å². The van der Waals surface area contributed by atoms with Crippen molar-refractivity contribution >= 4 is 53.4 Å². The molecular weight excluding hydrogens is 631 g/mol. The van der Waals surface area contributed by atoms with Crippen molar-refractivity contribution in [3.8, 4) is 56.4 Å². The van der Waals surface area contributed by atoms with Crippen molar-refractivity contribution in [1.29, 1.82) is 0 Å². The Morgan fingerprint density at radius 1 is 0.360 bits per heavy atom. The predicted molar refractivity (Wildman–Crippen MR) is 207 cm³/mol. The Hall–Kier alpha value is -6.43. The maximum absolute atomic E-state index is 6.71. The van der Waals surface area contributed by atoms with Crippen LogP contribution in [0, 0.1) is 0 Å². The molecular formula is C45H27N3OS. The van der Waals surface area contributed by atoms with Crippen LogP contribution >= 0.6 is 11.3 Å². The summed E-state index contributed by atoms with van der Waals surface area (Å²) in [6.45, 7) is 0. The summed E-state index contributed by atoms with van der Waals surface area (Å²) in [5.74, 6) is 1.84. The van der Waals surface area contributed by atoms with Crippen molar-refractivity contribution in [2.75, 3.05) is 0 Å². The third-order valence-corrected chi connectivity index (χ3v) is 10.5. The molecule has 0 saturated carbocycles. The van der Waals surface area contributed by atoms with Crippen LogP contribution in [0.2, 0.25) is 0 Å². The molecule has 0 aliphatic carbocycles. The minimum atomic E-state index is 0.594. The molecule has 3 heterocycles. The lowest BCUT2D eigenvalue weighted by molar-refractivity contribution is 0.670. The van der Waals surface area contributed by atoms with Crippen LogP contribution in [0.3, 0.4) is 0 Å². The third-order valence-electron chi connectivity index (χ3n) is 9.34. The van der Waals surface area contributed by atoms with Crippen molar-refractivity contribution in [3.63, 3.8) is 0 Å². The van der Waals surface area contributed by atoms with E-state index in [0.29, 0.717) is 17.5 Å². The highest BCUT2D eigenvalue weighted by molar-refractivity contribution is 7.25.